The Morgan fingerprint density at radius 3 is 2.29 bits per heavy atom. The molecule has 0 atom stereocenters. The highest BCUT2D eigenvalue weighted by atomic mass is 16.5. The fourth-order valence-electron chi connectivity index (χ4n) is 2.78. The summed E-state index contributed by atoms with van der Waals surface area (Å²) in [7, 11) is 1.62. The second-order valence-electron chi connectivity index (χ2n) is 6.03. The van der Waals surface area contributed by atoms with Gasteiger partial charge in [-0.15, -0.1) is 5.10 Å². The molecule has 0 bridgehead atoms. The van der Waals surface area contributed by atoms with Crippen molar-refractivity contribution >= 4 is 5.91 Å². The summed E-state index contributed by atoms with van der Waals surface area (Å²) in [5, 5.41) is 4.64. The lowest BCUT2D eigenvalue weighted by atomic mass is 10.1. The van der Waals surface area contributed by atoms with E-state index in [1.54, 1.807) is 42.3 Å². The van der Waals surface area contributed by atoms with Crippen LogP contribution >= 0.6 is 0 Å². The van der Waals surface area contributed by atoms with E-state index in [-0.39, 0.29) is 0 Å². The molecule has 1 amide bonds. The van der Waals surface area contributed by atoms with Crippen molar-refractivity contribution in [2.45, 2.75) is 0 Å². The van der Waals surface area contributed by atoms with Gasteiger partial charge < -0.3 is 10.5 Å². The van der Waals surface area contributed by atoms with Crippen LogP contribution in [0.5, 0.6) is 5.75 Å². The standard InChI is InChI=1S/C21H17N5O2/c1-28-17-11-9-16(10-12-17)21-24-20(15-7-5-14(6-8-15)19(22)27)25-26(21)18-4-2-3-13-23-18/h2-13H,1H3,(H2,22,27). The van der Waals surface area contributed by atoms with Crippen LogP contribution in [0.1, 0.15) is 10.4 Å². The predicted molar refractivity (Wildman–Crippen MR) is 105 cm³/mol. The Morgan fingerprint density at radius 2 is 1.68 bits per heavy atom. The van der Waals surface area contributed by atoms with Crippen LogP contribution in [-0.4, -0.2) is 32.8 Å². The number of hydrogen-bond donors (Lipinski definition) is 1. The van der Waals surface area contributed by atoms with Gasteiger partial charge >= 0.3 is 0 Å². The van der Waals surface area contributed by atoms with E-state index in [4.69, 9.17) is 15.5 Å². The first kappa shape index (κ1) is 17.4. The van der Waals surface area contributed by atoms with E-state index in [0.717, 1.165) is 16.9 Å². The Kier molecular flexibility index (Phi) is 4.55. The van der Waals surface area contributed by atoms with Crippen molar-refractivity contribution in [3.05, 3.63) is 78.5 Å². The monoisotopic (exact) mass is 371 g/mol. The number of amides is 1. The largest absolute Gasteiger partial charge is 0.497 e. The molecule has 4 aromatic rings. The molecule has 0 radical (unpaired) electrons. The molecule has 28 heavy (non-hydrogen) atoms. The number of nitrogens with zero attached hydrogens (tertiary/aromatic N) is 4. The van der Waals surface area contributed by atoms with Gasteiger partial charge in [-0.1, -0.05) is 18.2 Å². The van der Waals surface area contributed by atoms with Crippen LogP contribution in [0.3, 0.4) is 0 Å². The zero-order valence-corrected chi connectivity index (χ0v) is 15.1. The van der Waals surface area contributed by atoms with Gasteiger partial charge in [-0.2, -0.15) is 4.68 Å². The molecule has 0 fully saturated rings. The maximum atomic E-state index is 11.3. The third kappa shape index (κ3) is 3.33. The summed E-state index contributed by atoms with van der Waals surface area (Å²) in [6.45, 7) is 0. The molecule has 7 heteroatoms. The van der Waals surface area contributed by atoms with Gasteiger partial charge in [0.25, 0.3) is 0 Å². The summed E-state index contributed by atoms with van der Waals surface area (Å²) >= 11 is 0. The molecule has 2 N–H and O–H groups in total. The van der Waals surface area contributed by atoms with Crippen molar-refractivity contribution in [3.8, 4) is 34.3 Å². The minimum Gasteiger partial charge on any atom is -0.497 e. The van der Waals surface area contributed by atoms with E-state index in [9.17, 15) is 4.79 Å². The Morgan fingerprint density at radius 1 is 0.964 bits per heavy atom. The molecule has 2 aromatic carbocycles. The topological polar surface area (TPSA) is 95.9 Å². The van der Waals surface area contributed by atoms with Crippen LogP contribution in [0.15, 0.2) is 72.9 Å². The molecule has 2 heterocycles. The quantitative estimate of drug-likeness (QED) is 0.581. The van der Waals surface area contributed by atoms with Crippen molar-refractivity contribution in [3.63, 3.8) is 0 Å². The van der Waals surface area contributed by atoms with Crippen LogP contribution in [-0.2, 0) is 0 Å². The van der Waals surface area contributed by atoms with E-state index in [0.29, 0.717) is 23.0 Å². The van der Waals surface area contributed by atoms with Gasteiger partial charge in [0.1, 0.15) is 5.75 Å². The number of benzene rings is 2. The normalized spacial score (nSPS) is 10.6. The molecule has 0 saturated carbocycles. The number of primary amides is 1. The van der Waals surface area contributed by atoms with Gasteiger partial charge in [0.15, 0.2) is 17.5 Å². The first-order valence-corrected chi connectivity index (χ1v) is 8.59. The van der Waals surface area contributed by atoms with Crippen LogP contribution in [0, 0.1) is 0 Å². The van der Waals surface area contributed by atoms with Crippen molar-refractivity contribution in [2.75, 3.05) is 7.11 Å². The van der Waals surface area contributed by atoms with E-state index < -0.39 is 5.91 Å². The van der Waals surface area contributed by atoms with Gasteiger partial charge in [-0.3, -0.25) is 4.79 Å². The zero-order chi connectivity index (χ0) is 19.5. The predicted octanol–water partition coefficient (Wildman–Crippen LogP) is 3.10. The average molecular weight is 371 g/mol. The van der Waals surface area contributed by atoms with Crippen LogP contribution < -0.4 is 10.5 Å². The molecule has 138 valence electrons. The van der Waals surface area contributed by atoms with E-state index in [1.807, 2.05) is 42.5 Å². The highest BCUT2D eigenvalue weighted by Gasteiger charge is 2.16. The number of hydrogen-bond acceptors (Lipinski definition) is 5. The number of carbonyl (C=O) groups is 1. The van der Waals surface area contributed by atoms with Gasteiger partial charge in [0, 0.05) is 22.9 Å². The number of aromatic nitrogens is 4. The van der Waals surface area contributed by atoms with Crippen LogP contribution in [0.2, 0.25) is 0 Å². The summed E-state index contributed by atoms with van der Waals surface area (Å²) < 4.78 is 6.93. The van der Waals surface area contributed by atoms with Gasteiger partial charge in [0.05, 0.1) is 7.11 Å². The first-order valence-electron chi connectivity index (χ1n) is 8.59. The number of pyridine rings is 1. The third-order valence-corrected chi connectivity index (χ3v) is 4.25. The summed E-state index contributed by atoms with van der Waals surface area (Å²) in [4.78, 5) is 20.4. The molecular formula is C21H17N5O2. The van der Waals surface area contributed by atoms with Crippen molar-refractivity contribution in [1.82, 2.24) is 19.7 Å². The lowest BCUT2D eigenvalue weighted by Gasteiger charge is -2.05. The molecular weight excluding hydrogens is 354 g/mol. The maximum absolute atomic E-state index is 11.3. The molecule has 0 spiro atoms. The van der Waals surface area contributed by atoms with Gasteiger partial charge in [0.2, 0.25) is 5.91 Å². The summed E-state index contributed by atoms with van der Waals surface area (Å²) in [6.07, 6.45) is 1.70. The molecule has 0 aliphatic rings. The number of rotatable bonds is 5. The second kappa shape index (κ2) is 7.32. The van der Waals surface area contributed by atoms with E-state index >= 15 is 0 Å². The van der Waals surface area contributed by atoms with Crippen LogP contribution in [0.4, 0.5) is 0 Å². The molecule has 0 aliphatic carbocycles. The van der Waals surface area contributed by atoms with Crippen molar-refractivity contribution in [1.29, 1.82) is 0 Å². The summed E-state index contributed by atoms with van der Waals surface area (Å²) in [6, 6.07) is 20.0. The molecule has 2 aromatic heterocycles. The van der Waals surface area contributed by atoms with E-state index in [1.165, 1.54) is 0 Å². The Labute approximate surface area is 161 Å². The highest BCUT2D eigenvalue weighted by molar-refractivity contribution is 5.93. The second-order valence-corrected chi connectivity index (χ2v) is 6.03. The Balaban J connectivity index is 1.83. The molecule has 0 aliphatic heterocycles. The van der Waals surface area contributed by atoms with Gasteiger partial charge in [-0.25, -0.2) is 9.97 Å². The van der Waals surface area contributed by atoms with Crippen LogP contribution in [0.25, 0.3) is 28.6 Å². The number of ether oxygens (including phenoxy) is 1. The molecule has 4 rings (SSSR count). The average Bonchev–Trinajstić information content (AvgIpc) is 3.20. The lowest BCUT2D eigenvalue weighted by Crippen LogP contribution is -2.10. The number of nitrogens with two attached hydrogens (primary N) is 1. The van der Waals surface area contributed by atoms with E-state index in [2.05, 4.69) is 10.1 Å². The SMILES string of the molecule is COc1ccc(-c2nc(-c3ccc(C(N)=O)cc3)nn2-c2ccccn2)cc1. The fourth-order valence-corrected chi connectivity index (χ4v) is 2.78. The minimum absolute atomic E-state index is 0.434. The summed E-state index contributed by atoms with van der Waals surface area (Å²) in [5.74, 6) is 2.11. The maximum Gasteiger partial charge on any atom is 0.248 e. The lowest BCUT2D eigenvalue weighted by molar-refractivity contribution is 0.100. The third-order valence-electron chi connectivity index (χ3n) is 4.25. The Hall–Kier alpha value is -4.00. The Bertz CT molecular complexity index is 1100. The van der Waals surface area contributed by atoms with Gasteiger partial charge in [-0.05, 0) is 48.5 Å². The summed E-state index contributed by atoms with van der Waals surface area (Å²) in [5.41, 5.74) is 7.39. The first-order chi connectivity index (χ1) is 13.7. The fraction of sp³-hybridized carbons (Fsp3) is 0.0476. The number of carbonyl (C=O) groups excluding carboxylic acids is 1. The molecule has 0 saturated heterocycles. The zero-order valence-electron chi connectivity index (χ0n) is 15.1. The molecule has 7 nitrogen and oxygen atoms in total. The smallest absolute Gasteiger partial charge is 0.248 e. The van der Waals surface area contributed by atoms with Crippen molar-refractivity contribution < 1.29 is 9.53 Å². The van der Waals surface area contributed by atoms with Crippen molar-refractivity contribution in [2.24, 2.45) is 5.73 Å². The number of methoxy groups -OCH3 is 1. The highest BCUT2D eigenvalue weighted by Crippen LogP contribution is 2.26. The minimum atomic E-state index is -0.475. The molecule has 0 unspecified atom stereocenters.